The van der Waals surface area contributed by atoms with Crippen molar-refractivity contribution in [2.24, 2.45) is 0 Å². The molecule has 0 saturated carbocycles. The van der Waals surface area contributed by atoms with Crippen molar-refractivity contribution in [2.45, 2.75) is 0 Å². The predicted molar refractivity (Wildman–Crippen MR) is 58.6 cm³/mol. The summed E-state index contributed by atoms with van der Waals surface area (Å²) in [6.07, 6.45) is 1.94. The third-order valence-corrected chi connectivity index (χ3v) is 1.44. The summed E-state index contributed by atoms with van der Waals surface area (Å²) in [4.78, 5) is 43.2. The van der Waals surface area contributed by atoms with Crippen LogP contribution in [0, 0.1) is 0 Å². The third-order valence-electron chi connectivity index (χ3n) is 1.44. The number of hydrogen-bond acceptors (Lipinski definition) is 6. The van der Waals surface area contributed by atoms with Crippen LogP contribution in [0.25, 0.3) is 0 Å². The van der Waals surface area contributed by atoms with Gasteiger partial charge in [-0.1, -0.05) is 13.2 Å². The Morgan fingerprint density at radius 1 is 0.833 bits per heavy atom. The van der Waals surface area contributed by atoms with Gasteiger partial charge in [0.25, 0.3) is 0 Å². The zero-order valence-electron chi connectivity index (χ0n) is 9.43. The second kappa shape index (κ2) is 8.50. The molecule has 0 saturated heterocycles. The zero-order chi connectivity index (χ0) is 14.0. The molecule has 8 heteroatoms. The van der Waals surface area contributed by atoms with E-state index in [-0.39, 0.29) is 0 Å². The first-order chi connectivity index (χ1) is 8.51. The largest absolute Gasteiger partial charge is 0.436 e. The van der Waals surface area contributed by atoms with Crippen LogP contribution in [-0.2, 0) is 28.7 Å². The fourth-order valence-corrected chi connectivity index (χ4v) is 0.608. The number of rotatable bonds is 6. The van der Waals surface area contributed by atoms with Crippen molar-refractivity contribution < 1.29 is 28.7 Å². The Morgan fingerprint density at radius 2 is 1.17 bits per heavy atom. The van der Waals surface area contributed by atoms with E-state index in [0.29, 0.717) is 0 Å². The van der Waals surface area contributed by atoms with Gasteiger partial charge >= 0.3 is 11.9 Å². The molecular formula is C10H12N2O6. The number of hydrogen-bond donors (Lipinski definition) is 2. The van der Waals surface area contributed by atoms with E-state index in [9.17, 15) is 19.2 Å². The number of carbonyl (C=O) groups excluding carboxylic acids is 4. The highest BCUT2D eigenvalue weighted by molar-refractivity contribution is 6.29. The van der Waals surface area contributed by atoms with E-state index >= 15 is 0 Å². The minimum atomic E-state index is -1.30. The van der Waals surface area contributed by atoms with Crippen molar-refractivity contribution >= 4 is 23.8 Å². The smallest absolute Gasteiger partial charge is 0.419 e. The molecular weight excluding hydrogens is 244 g/mol. The van der Waals surface area contributed by atoms with Crippen molar-refractivity contribution in [3.05, 3.63) is 25.3 Å². The first-order valence-electron chi connectivity index (χ1n) is 4.65. The summed E-state index contributed by atoms with van der Waals surface area (Å²) in [5.74, 6) is -3.72. The second-order valence-corrected chi connectivity index (χ2v) is 2.64. The maximum Gasteiger partial charge on any atom is 0.419 e. The van der Waals surface area contributed by atoms with Gasteiger partial charge in [0.15, 0.2) is 13.5 Å². The summed E-state index contributed by atoms with van der Waals surface area (Å²) < 4.78 is 8.67. The molecule has 0 heterocycles. The van der Waals surface area contributed by atoms with Crippen molar-refractivity contribution in [3.8, 4) is 0 Å². The van der Waals surface area contributed by atoms with Crippen LogP contribution in [-0.4, -0.2) is 37.2 Å². The number of nitrogens with one attached hydrogen (secondary N) is 2. The minimum Gasteiger partial charge on any atom is -0.436 e. The average Bonchev–Trinajstić information content (AvgIpc) is 2.37. The first kappa shape index (κ1) is 15.4. The molecule has 0 bridgehead atoms. The van der Waals surface area contributed by atoms with E-state index in [1.807, 2.05) is 0 Å². The van der Waals surface area contributed by atoms with Crippen LogP contribution < -0.4 is 10.6 Å². The van der Waals surface area contributed by atoms with Gasteiger partial charge in [-0.2, -0.15) is 0 Å². The molecule has 0 spiro atoms. The van der Waals surface area contributed by atoms with E-state index in [1.54, 1.807) is 0 Å². The van der Waals surface area contributed by atoms with Gasteiger partial charge in [-0.05, 0) is 12.2 Å². The molecule has 0 aliphatic heterocycles. The fourth-order valence-electron chi connectivity index (χ4n) is 0.608. The lowest BCUT2D eigenvalue weighted by Crippen LogP contribution is -2.32. The Bertz CT molecular complexity index is 341. The Hall–Kier alpha value is -2.64. The normalized spacial score (nSPS) is 8.67. The molecule has 0 radical (unpaired) electrons. The van der Waals surface area contributed by atoms with Gasteiger partial charge < -0.3 is 20.1 Å². The molecule has 98 valence electrons. The molecule has 0 aromatic carbocycles. The van der Waals surface area contributed by atoms with E-state index in [0.717, 1.165) is 12.2 Å². The second-order valence-electron chi connectivity index (χ2n) is 2.64. The molecule has 2 N–H and O–H groups in total. The van der Waals surface area contributed by atoms with Gasteiger partial charge in [0.05, 0.1) is 0 Å². The van der Waals surface area contributed by atoms with Crippen molar-refractivity contribution in [1.82, 2.24) is 10.6 Å². The Labute approximate surface area is 103 Å². The Morgan fingerprint density at radius 3 is 1.44 bits per heavy atom. The summed E-state index contributed by atoms with van der Waals surface area (Å²) in [6, 6.07) is 0. The highest BCUT2D eigenvalue weighted by atomic mass is 16.6. The maximum absolute atomic E-state index is 11.0. The third kappa shape index (κ3) is 6.77. The molecule has 0 atom stereocenters. The molecule has 0 aromatic rings. The van der Waals surface area contributed by atoms with Crippen molar-refractivity contribution in [1.29, 1.82) is 0 Å². The van der Waals surface area contributed by atoms with Crippen LogP contribution in [0.4, 0.5) is 0 Å². The molecule has 0 fully saturated rings. The van der Waals surface area contributed by atoms with Crippen LogP contribution in [0.15, 0.2) is 25.3 Å². The summed E-state index contributed by atoms with van der Waals surface area (Å²) >= 11 is 0. The Balaban J connectivity index is 3.79. The molecule has 2 amide bonds. The topological polar surface area (TPSA) is 111 Å². The van der Waals surface area contributed by atoms with Gasteiger partial charge in [0.1, 0.15) is 0 Å². The lowest BCUT2D eigenvalue weighted by atomic mass is 10.6. The number of carbonyl (C=O) groups is 4. The Kier molecular flexibility index (Phi) is 7.26. The van der Waals surface area contributed by atoms with E-state index in [1.165, 1.54) is 0 Å². The van der Waals surface area contributed by atoms with E-state index in [2.05, 4.69) is 33.3 Å². The quantitative estimate of drug-likeness (QED) is 0.261. The van der Waals surface area contributed by atoms with Gasteiger partial charge in [0, 0.05) is 0 Å². The van der Waals surface area contributed by atoms with Crippen molar-refractivity contribution in [3.63, 3.8) is 0 Å². The zero-order valence-corrected chi connectivity index (χ0v) is 9.43. The van der Waals surface area contributed by atoms with Crippen molar-refractivity contribution in [2.75, 3.05) is 13.5 Å². The molecule has 0 rings (SSSR count). The SMILES string of the molecule is C=CC(=O)NCOC(=O)C(=O)OCNC(=O)C=C. The molecule has 0 aliphatic carbocycles. The molecule has 18 heavy (non-hydrogen) atoms. The average molecular weight is 256 g/mol. The first-order valence-corrected chi connectivity index (χ1v) is 4.65. The standard InChI is InChI=1S/C10H12N2O6/c1-3-7(13)11-5-17-9(15)10(16)18-6-12-8(14)4-2/h3-4H,1-2,5-6H2,(H,11,13)(H,12,14). The van der Waals surface area contributed by atoms with Gasteiger partial charge in [-0.25, -0.2) is 9.59 Å². The highest BCUT2D eigenvalue weighted by Crippen LogP contribution is 1.83. The monoisotopic (exact) mass is 256 g/mol. The number of amides is 2. The minimum absolute atomic E-state index is 0.488. The lowest BCUT2D eigenvalue weighted by molar-refractivity contribution is -0.169. The summed E-state index contributed by atoms with van der Waals surface area (Å²) in [6.45, 7) is 5.36. The predicted octanol–water partition coefficient (Wildman–Crippen LogP) is -1.41. The van der Waals surface area contributed by atoms with Crippen LogP contribution >= 0.6 is 0 Å². The summed E-state index contributed by atoms with van der Waals surface area (Å²) in [5, 5.41) is 4.22. The van der Waals surface area contributed by atoms with E-state index in [4.69, 9.17) is 0 Å². The van der Waals surface area contributed by atoms with Crippen LogP contribution in [0.5, 0.6) is 0 Å². The molecule has 8 nitrogen and oxygen atoms in total. The maximum atomic E-state index is 11.0. The number of ether oxygens (including phenoxy) is 2. The highest BCUT2D eigenvalue weighted by Gasteiger charge is 2.17. The molecule has 0 unspecified atom stereocenters. The summed E-state index contributed by atoms with van der Waals surface area (Å²) in [5.41, 5.74) is 0. The fraction of sp³-hybridized carbons (Fsp3) is 0.200. The van der Waals surface area contributed by atoms with Gasteiger partial charge in [-0.3, -0.25) is 9.59 Å². The number of esters is 2. The molecule has 0 aliphatic rings. The van der Waals surface area contributed by atoms with Crippen LogP contribution in [0.1, 0.15) is 0 Å². The van der Waals surface area contributed by atoms with Gasteiger partial charge in [0.2, 0.25) is 11.8 Å². The van der Waals surface area contributed by atoms with Crippen LogP contribution in [0.2, 0.25) is 0 Å². The summed E-state index contributed by atoms with van der Waals surface area (Å²) in [7, 11) is 0. The lowest BCUT2D eigenvalue weighted by Gasteiger charge is -2.05. The molecule has 0 aromatic heterocycles. The van der Waals surface area contributed by atoms with E-state index < -0.39 is 37.2 Å². The van der Waals surface area contributed by atoms with Gasteiger partial charge in [-0.15, -0.1) is 0 Å². The van der Waals surface area contributed by atoms with Crippen LogP contribution in [0.3, 0.4) is 0 Å².